The summed E-state index contributed by atoms with van der Waals surface area (Å²) in [5, 5.41) is 8.72. The molecule has 1 aromatic carbocycles. The highest BCUT2D eigenvalue weighted by Gasteiger charge is 1.96. The van der Waals surface area contributed by atoms with Gasteiger partial charge in [0, 0.05) is 10.8 Å². The van der Waals surface area contributed by atoms with E-state index in [4.69, 9.17) is 16.9 Å². The maximum atomic E-state index is 8.72. The molecule has 66 valence electrons. The van der Waals surface area contributed by atoms with E-state index in [0.29, 0.717) is 16.3 Å². The van der Waals surface area contributed by atoms with E-state index in [-0.39, 0.29) is 0 Å². The third-order valence-corrected chi connectivity index (χ3v) is 2.11. The van der Waals surface area contributed by atoms with Crippen LogP contribution in [0.25, 0.3) is 6.08 Å². The standard InChI is InChI=1S/C10H8ClNS/c11-5-1-2-8-3-4-10(13)9(6-8)7-12/h1-4,6,13H,5H2/b2-1+. The summed E-state index contributed by atoms with van der Waals surface area (Å²) in [4.78, 5) is 0.700. The van der Waals surface area contributed by atoms with E-state index in [1.807, 2.05) is 18.2 Å². The fourth-order valence-electron chi connectivity index (χ4n) is 0.928. The SMILES string of the molecule is N#Cc1cc(/C=C/CCl)ccc1S. The van der Waals surface area contributed by atoms with Crippen LogP contribution in [0.4, 0.5) is 0 Å². The molecular formula is C10H8ClNS. The fraction of sp³-hybridized carbons (Fsp3) is 0.100. The van der Waals surface area contributed by atoms with Crippen molar-refractivity contribution in [2.75, 3.05) is 5.88 Å². The Hall–Kier alpha value is -0.910. The molecule has 13 heavy (non-hydrogen) atoms. The van der Waals surface area contributed by atoms with Gasteiger partial charge in [0.2, 0.25) is 0 Å². The van der Waals surface area contributed by atoms with Crippen LogP contribution in [0.5, 0.6) is 0 Å². The molecule has 0 spiro atoms. The largest absolute Gasteiger partial charge is 0.192 e. The molecule has 1 aromatic rings. The second kappa shape index (κ2) is 4.96. The minimum absolute atomic E-state index is 0.477. The molecule has 0 aliphatic heterocycles. The molecule has 0 aliphatic carbocycles. The van der Waals surface area contributed by atoms with Gasteiger partial charge in [0.05, 0.1) is 5.56 Å². The second-order valence-electron chi connectivity index (χ2n) is 2.45. The topological polar surface area (TPSA) is 23.8 Å². The van der Waals surface area contributed by atoms with Gasteiger partial charge in [-0.05, 0) is 17.7 Å². The maximum absolute atomic E-state index is 8.72. The normalized spacial score (nSPS) is 10.2. The summed E-state index contributed by atoms with van der Waals surface area (Å²) in [7, 11) is 0. The van der Waals surface area contributed by atoms with Gasteiger partial charge in [-0.3, -0.25) is 0 Å². The molecule has 1 nitrogen and oxygen atoms in total. The zero-order valence-corrected chi connectivity index (χ0v) is 8.52. The van der Waals surface area contributed by atoms with Crippen LogP contribution in [0.15, 0.2) is 29.2 Å². The lowest BCUT2D eigenvalue weighted by Crippen LogP contribution is -1.80. The molecule has 0 aliphatic rings. The van der Waals surface area contributed by atoms with Gasteiger partial charge in [0.15, 0.2) is 0 Å². The summed E-state index contributed by atoms with van der Waals surface area (Å²) in [6.45, 7) is 0. The molecule has 0 bridgehead atoms. The van der Waals surface area contributed by atoms with Gasteiger partial charge in [-0.2, -0.15) is 5.26 Å². The number of benzene rings is 1. The number of nitrogens with zero attached hydrogens (tertiary/aromatic N) is 1. The molecule has 1 rings (SSSR count). The third-order valence-electron chi connectivity index (χ3n) is 1.54. The lowest BCUT2D eigenvalue weighted by molar-refractivity contribution is 1.37. The molecule has 0 aromatic heterocycles. The van der Waals surface area contributed by atoms with Crippen LogP contribution in [-0.4, -0.2) is 5.88 Å². The monoisotopic (exact) mass is 209 g/mol. The smallest absolute Gasteiger partial charge is 0.100 e. The average molecular weight is 210 g/mol. The number of halogens is 1. The van der Waals surface area contributed by atoms with Crippen molar-refractivity contribution in [2.45, 2.75) is 4.90 Å². The highest BCUT2D eigenvalue weighted by molar-refractivity contribution is 7.80. The van der Waals surface area contributed by atoms with Gasteiger partial charge in [0.25, 0.3) is 0 Å². The van der Waals surface area contributed by atoms with Crippen LogP contribution in [0.2, 0.25) is 0 Å². The Labute approximate surface area is 88.1 Å². The van der Waals surface area contributed by atoms with Crippen LogP contribution < -0.4 is 0 Å². The average Bonchev–Trinajstić information content (AvgIpc) is 2.16. The van der Waals surface area contributed by atoms with Crippen LogP contribution in [-0.2, 0) is 0 Å². The van der Waals surface area contributed by atoms with Crippen molar-refractivity contribution in [3.05, 3.63) is 35.4 Å². The van der Waals surface area contributed by atoms with Gasteiger partial charge < -0.3 is 0 Å². The van der Waals surface area contributed by atoms with Gasteiger partial charge in [-0.25, -0.2) is 0 Å². The van der Waals surface area contributed by atoms with Crippen LogP contribution in [0.1, 0.15) is 11.1 Å². The third kappa shape index (κ3) is 2.80. The van der Waals surface area contributed by atoms with E-state index < -0.39 is 0 Å². The van der Waals surface area contributed by atoms with Crippen molar-refractivity contribution < 1.29 is 0 Å². The quantitative estimate of drug-likeness (QED) is 0.587. The summed E-state index contributed by atoms with van der Waals surface area (Å²) in [6.07, 6.45) is 3.71. The first-order valence-electron chi connectivity index (χ1n) is 3.73. The van der Waals surface area contributed by atoms with Crippen LogP contribution in [0.3, 0.4) is 0 Å². The Kier molecular flexibility index (Phi) is 3.88. The Bertz CT molecular complexity index is 366. The minimum atomic E-state index is 0.477. The molecule has 3 heteroatoms. The van der Waals surface area contributed by atoms with Crippen molar-refractivity contribution in [2.24, 2.45) is 0 Å². The Morgan fingerprint density at radius 2 is 2.31 bits per heavy atom. The van der Waals surface area contributed by atoms with E-state index in [1.54, 1.807) is 12.1 Å². The van der Waals surface area contributed by atoms with Crippen molar-refractivity contribution in [1.29, 1.82) is 5.26 Å². The Morgan fingerprint density at radius 3 is 2.92 bits per heavy atom. The molecule has 0 heterocycles. The molecule has 0 saturated carbocycles. The molecule has 0 fully saturated rings. The molecule has 0 unspecified atom stereocenters. The van der Waals surface area contributed by atoms with Gasteiger partial charge in [-0.15, -0.1) is 24.2 Å². The summed E-state index contributed by atoms with van der Waals surface area (Å²) in [5.41, 5.74) is 1.55. The van der Waals surface area contributed by atoms with Crippen molar-refractivity contribution in [3.63, 3.8) is 0 Å². The minimum Gasteiger partial charge on any atom is -0.192 e. The molecule has 0 amide bonds. The number of nitriles is 1. The zero-order chi connectivity index (χ0) is 9.68. The van der Waals surface area contributed by atoms with E-state index in [9.17, 15) is 0 Å². The molecule has 0 saturated heterocycles. The number of hydrogen-bond donors (Lipinski definition) is 1. The zero-order valence-electron chi connectivity index (χ0n) is 6.87. The van der Waals surface area contributed by atoms with Crippen LogP contribution in [0, 0.1) is 11.3 Å². The van der Waals surface area contributed by atoms with Gasteiger partial charge in [-0.1, -0.05) is 18.2 Å². The number of alkyl halides is 1. The summed E-state index contributed by atoms with van der Waals surface area (Å²) in [5.74, 6) is 0.477. The highest BCUT2D eigenvalue weighted by Crippen LogP contribution is 2.15. The number of rotatable bonds is 2. The van der Waals surface area contributed by atoms with Gasteiger partial charge >= 0.3 is 0 Å². The summed E-state index contributed by atoms with van der Waals surface area (Å²) < 4.78 is 0. The second-order valence-corrected chi connectivity index (χ2v) is 3.24. The van der Waals surface area contributed by atoms with Gasteiger partial charge in [0.1, 0.15) is 6.07 Å². The first-order chi connectivity index (χ1) is 6.27. The highest BCUT2D eigenvalue weighted by atomic mass is 35.5. The first-order valence-corrected chi connectivity index (χ1v) is 4.71. The van der Waals surface area contributed by atoms with Crippen molar-refractivity contribution >= 4 is 30.3 Å². The van der Waals surface area contributed by atoms with E-state index in [1.165, 1.54) is 0 Å². The number of thiol groups is 1. The summed E-state index contributed by atoms with van der Waals surface area (Å²) >= 11 is 9.63. The van der Waals surface area contributed by atoms with Crippen molar-refractivity contribution in [1.82, 2.24) is 0 Å². The lowest BCUT2D eigenvalue weighted by Gasteiger charge is -1.97. The Morgan fingerprint density at radius 1 is 1.54 bits per heavy atom. The van der Waals surface area contributed by atoms with Crippen molar-refractivity contribution in [3.8, 4) is 6.07 Å². The lowest BCUT2D eigenvalue weighted by atomic mass is 10.1. The predicted molar refractivity (Wildman–Crippen MR) is 58.2 cm³/mol. The molecule has 0 atom stereocenters. The predicted octanol–water partition coefficient (Wildman–Crippen LogP) is 3.10. The van der Waals surface area contributed by atoms with E-state index >= 15 is 0 Å². The maximum Gasteiger partial charge on any atom is 0.100 e. The molecule has 0 radical (unpaired) electrons. The van der Waals surface area contributed by atoms with E-state index in [0.717, 1.165) is 5.56 Å². The number of hydrogen-bond acceptors (Lipinski definition) is 2. The number of allylic oxidation sites excluding steroid dienone is 1. The Balaban J connectivity index is 3.01. The fourth-order valence-corrected chi connectivity index (χ4v) is 1.21. The molecular weight excluding hydrogens is 202 g/mol. The molecule has 0 N–H and O–H groups in total. The summed E-state index contributed by atoms with van der Waals surface area (Å²) in [6, 6.07) is 7.55. The van der Waals surface area contributed by atoms with E-state index in [2.05, 4.69) is 18.7 Å². The van der Waals surface area contributed by atoms with Crippen LogP contribution >= 0.6 is 24.2 Å². The first kappa shape index (κ1) is 10.2.